The van der Waals surface area contributed by atoms with E-state index in [4.69, 9.17) is 16.1 Å². The number of anilines is 1. The molecule has 2 aromatic carbocycles. The molecule has 126 valence electrons. The fourth-order valence-corrected chi connectivity index (χ4v) is 3.53. The summed E-state index contributed by atoms with van der Waals surface area (Å²) in [6.45, 7) is 3.68. The maximum absolute atomic E-state index is 12.6. The van der Waals surface area contributed by atoms with E-state index in [1.807, 2.05) is 19.9 Å². The van der Waals surface area contributed by atoms with E-state index in [1.165, 1.54) is 0 Å². The van der Waals surface area contributed by atoms with E-state index in [1.54, 1.807) is 36.4 Å². The number of fused-ring (bicyclic) bond motifs is 1. The molecule has 1 amide bonds. The number of benzene rings is 2. The second-order valence-electron chi connectivity index (χ2n) is 6.13. The van der Waals surface area contributed by atoms with E-state index in [0.29, 0.717) is 27.6 Å². The zero-order chi connectivity index (χ0) is 17.8. The number of hydrogen-bond donors (Lipinski definition) is 2. The number of rotatable bonds is 2. The summed E-state index contributed by atoms with van der Waals surface area (Å²) in [5.41, 5.74) is 2.12. The van der Waals surface area contributed by atoms with Crippen molar-refractivity contribution in [3.63, 3.8) is 0 Å². The number of hydrogen-bond acceptors (Lipinski definition) is 4. The summed E-state index contributed by atoms with van der Waals surface area (Å²) in [5.74, 6) is 0.182. The van der Waals surface area contributed by atoms with Gasteiger partial charge >= 0.3 is 0 Å². The van der Waals surface area contributed by atoms with Crippen molar-refractivity contribution >= 4 is 23.2 Å². The third-order valence-corrected chi connectivity index (χ3v) is 4.79. The first kappa shape index (κ1) is 15.9. The van der Waals surface area contributed by atoms with Gasteiger partial charge in [0.2, 0.25) is 0 Å². The van der Waals surface area contributed by atoms with Gasteiger partial charge < -0.3 is 14.9 Å². The van der Waals surface area contributed by atoms with Crippen LogP contribution in [0.2, 0.25) is 5.02 Å². The lowest BCUT2D eigenvalue weighted by Gasteiger charge is -2.22. The maximum atomic E-state index is 12.6. The molecule has 0 saturated heterocycles. The Balaban J connectivity index is 1.93. The van der Waals surface area contributed by atoms with Crippen LogP contribution in [0.1, 0.15) is 22.6 Å². The van der Waals surface area contributed by atoms with Crippen LogP contribution in [0.3, 0.4) is 0 Å². The molecular formula is C19H15ClN2O3. The summed E-state index contributed by atoms with van der Waals surface area (Å²) in [5, 5.41) is 18.4. The molecule has 4 rings (SSSR count). The molecule has 1 aliphatic rings. The SMILES string of the molecule is Cc1noc(C)c1-c1ccc2c(c1)C(O)(c1cccc(Cl)c1)C(=O)N2. The second-order valence-corrected chi connectivity index (χ2v) is 6.57. The second kappa shape index (κ2) is 5.44. The van der Waals surface area contributed by atoms with Crippen molar-refractivity contribution in [2.24, 2.45) is 0 Å². The molecule has 1 aliphatic heterocycles. The average Bonchev–Trinajstić information content (AvgIpc) is 3.05. The highest BCUT2D eigenvalue weighted by Crippen LogP contribution is 2.43. The molecule has 0 fully saturated rings. The minimum atomic E-state index is -1.80. The quantitative estimate of drug-likeness (QED) is 0.734. The predicted molar refractivity (Wildman–Crippen MR) is 94.5 cm³/mol. The summed E-state index contributed by atoms with van der Waals surface area (Å²) in [6, 6.07) is 12.1. The lowest BCUT2D eigenvalue weighted by molar-refractivity contribution is -0.129. The lowest BCUT2D eigenvalue weighted by Crippen LogP contribution is -2.35. The standard InChI is InChI=1S/C19H15ClN2O3/c1-10-17(11(2)25-22-10)12-6-7-16-15(8-12)19(24,18(23)21-16)13-4-3-5-14(20)9-13/h3-9,24H,1-2H3,(H,21,23). The van der Waals surface area contributed by atoms with Crippen molar-refractivity contribution in [3.8, 4) is 11.1 Å². The van der Waals surface area contributed by atoms with Gasteiger partial charge in [-0.2, -0.15) is 0 Å². The number of aryl methyl sites for hydroxylation is 2. The largest absolute Gasteiger partial charge is 0.372 e. The van der Waals surface area contributed by atoms with Crippen LogP contribution in [0.5, 0.6) is 0 Å². The fraction of sp³-hybridized carbons (Fsp3) is 0.158. The lowest BCUT2D eigenvalue weighted by atomic mass is 9.86. The number of aliphatic hydroxyl groups is 1. The molecule has 0 saturated carbocycles. The molecule has 3 aromatic rings. The Morgan fingerprint density at radius 1 is 1.20 bits per heavy atom. The zero-order valence-corrected chi connectivity index (χ0v) is 14.4. The van der Waals surface area contributed by atoms with E-state index < -0.39 is 11.5 Å². The van der Waals surface area contributed by atoms with Gasteiger partial charge in [-0.1, -0.05) is 35.0 Å². The number of nitrogens with zero attached hydrogens (tertiary/aromatic N) is 1. The van der Waals surface area contributed by atoms with Gasteiger partial charge in [0.15, 0.2) is 5.60 Å². The number of aromatic nitrogens is 1. The Morgan fingerprint density at radius 3 is 2.68 bits per heavy atom. The first-order valence-corrected chi connectivity index (χ1v) is 8.16. The molecule has 0 spiro atoms. The summed E-state index contributed by atoms with van der Waals surface area (Å²) >= 11 is 6.05. The van der Waals surface area contributed by atoms with E-state index in [2.05, 4.69) is 10.5 Å². The third-order valence-electron chi connectivity index (χ3n) is 4.55. The monoisotopic (exact) mass is 354 g/mol. The summed E-state index contributed by atoms with van der Waals surface area (Å²) in [6.07, 6.45) is 0. The minimum absolute atomic E-state index is 0.423. The van der Waals surface area contributed by atoms with Gasteiger partial charge in [0.05, 0.1) is 5.69 Å². The average molecular weight is 355 g/mol. The summed E-state index contributed by atoms with van der Waals surface area (Å²) in [4.78, 5) is 12.6. The molecule has 5 nitrogen and oxygen atoms in total. The van der Waals surface area contributed by atoms with Gasteiger partial charge in [-0.05, 0) is 49.2 Å². The molecule has 0 aliphatic carbocycles. The molecule has 1 aromatic heterocycles. The minimum Gasteiger partial charge on any atom is -0.372 e. The Kier molecular flexibility index (Phi) is 3.45. The van der Waals surface area contributed by atoms with Crippen molar-refractivity contribution < 1.29 is 14.4 Å². The van der Waals surface area contributed by atoms with Crippen molar-refractivity contribution in [2.45, 2.75) is 19.4 Å². The van der Waals surface area contributed by atoms with Crippen molar-refractivity contribution in [3.05, 3.63) is 70.1 Å². The van der Waals surface area contributed by atoms with Gasteiger partial charge in [0.25, 0.3) is 5.91 Å². The fourth-order valence-electron chi connectivity index (χ4n) is 3.34. The number of amides is 1. The van der Waals surface area contributed by atoms with Gasteiger partial charge in [0.1, 0.15) is 5.76 Å². The Morgan fingerprint density at radius 2 is 2.00 bits per heavy atom. The van der Waals surface area contributed by atoms with Gasteiger partial charge in [-0.25, -0.2) is 0 Å². The Hall–Kier alpha value is -2.63. The van der Waals surface area contributed by atoms with Crippen molar-refractivity contribution in [1.29, 1.82) is 0 Å². The first-order valence-electron chi connectivity index (χ1n) is 7.79. The van der Waals surface area contributed by atoms with E-state index in [0.717, 1.165) is 16.8 Å². The van der Waals surface area contributed by atoms with Crippen molar-refractivity contribution in [2.75, 3.05) is 5.32 Å². The van der Waals surface area contributed by atoms with Crippen LogP contribution < -0.4 is 5.32 Å². The zero-order valence-electron chi connectivity index (χ0n) is 13.6. The van der Waals surface area contributed by atoms with Crippen LogP contribution in [0.15, 0.2) is 47.0 Å². The normalized spacial score (nSPS) is 19.0. The molecule has 2 heterocycles. The maximum Gasteiger partial charge on any atom is 0.265 e. The molecule has 0 bridgehead atoms. The highest BCUT2D eigenvalue weighted by Gasteiger charge is 2.47. The number of carbonyl (C=O) groups is 1. The first-order chi connectivity index (χ1) is 11.9. The van der Waals surface area contributed by atoms with Crippen LogP contribution in [-0.4, -0.2) is 16.2 Å². The molecule has 1 atom stereocenters. The van der Waals surface area contributed by atoms with Gasteiger partial charge in [-0.3, -0.25) is 4.79 Å². The van der Waals surface area contributed by atoms with Crippen molar-refractivity contribution in [1.82, 2.24) is 5.16 Å². The van der Waals surface area contributed by atoms with Gasteiger partial charge in [-0.15, -0.1) is 0 Å². The van der Waals surface area contributed by atoms with Crippen LogP contribution in [0, 0.1) is 13.8 Å². The molecule has 0 radical (unpaired) electrons. The van der Waals surface area contributed by atoms with E-state index in [-0.39, 0.29) is 0 Å². The Bertz CT molecular complexity index is 992. The predicted octanol–water partition coefficient (Wildman–Crippen LogP) is 3.80. The van der Waals surface area contributed by atoms with E-state index >= 15 is 0 Å². The molecule has 25 heavy (non-hydrogen) atoms. The third kappa shape index (κ3) is 2.27. The summed E-state index contributed by atoms with van der Waals surface area (Å²) in [7, 11) is 0. The molecule has 1 unspecified atom stereocenters. The molecular weight excluding hydrogens is 340 g/mol. The number of halogens is 1. The van der Waals surface area contributed by atoms with Crippen LogP contribution in [0.25, 0.3) is 11.1 Å². The molecule has 2 N–H and O–H groups in total. The van der Waals surface area contributed by atoms with Crippen LogP contribution in [0.4, 0.5) is 5.69 Å². The molecule has 6 heteroatoms. The Labute approximate surface area is 149 Å². The highest BCUT2D eigenvalue weighted by atomic mass is 35.5. The van der Waals surface area contributed by atoms with Crippen LogP contribution >= 0.6 is 11.6 Å². The summed E-state index contributed by atoms with van der Waals surface area (Å²) < 4.78 is 5.23. The van der Waals surface area contributed by atoms with E-state index in [9.17, 15) is 9.90 Å². The number of nitrogens with one attached hydrogen (secondary N) is 1. The highest BCUT2D eigenvalue weighted by molar-refractivity contribution is 6.30. The van der Waals surface area contributed by atoms with Gasteiger partial charge in [0, 0.05) is 21.8 Å². The van der Waals surface area contributed by atoms with Crippen LogP contribution in [-0.2, 0) is 10.4 Å². The smallest absolute Gasteiger partial charge is 0.265 e. The topological polar surface area (TPSA) is 75.4 Å². The number of carbonyl (C=O) groups excluding carboxylic acids is 1.